The van der Waals surface area contributed by atoms with Gasteiger partial charge in [-0.15, -0.1) is 0 Å². The van der Waals surface area contributed by atoms with Crippen LogP contribution in [0, 0.1) is 11.3 Å². The molecule has 2 aliphatic carbocycles. The van der Waals surface area contributed by atoms with Crippen LogP contribution in [-0.4, -0.2) is 49.3 Å². The monoisotopic (exact) mass is 251 g/mol. The molecule has 0 spiro atoms. The molecule has 0 heterocycles. The average Bonchev–Trinajstić information content (AvgIpc) is 3.09. The molecule has 102 valence electrons. The second-order valence-corrected chi connectivity index (χ2v) is 5.63. The first kappa shape index (κ1) is 13.8. The highest BCUT2D eigenvalue weighted by atomic mass is 16.5. The van der Waals surface area contributed by atoms with Gasteiger partial charge in [0.1, 0.15) is 5.54 Å². The normalized spacial score (nSPS) is 31.8. The molecule has 4 heteroatoms. The molecular formula is C14H25N3O. The largest absolute Gasteiger partial charge is 0.383 e. The van der Waals surface area contributed by atoms with Gasteiger partial charge in [-0.25, -0.2) is 0 Å². The summed E-state index contributed by atoms with van der Waals surface area (Å²) in [4.78, 5) is 2.46. The highest BCUT2D eigenvalue weighted by Crippen LogP contribution is 2.35. The number of nitrogens with one attached hydrogen (secondary N) is 1. The van der Waals surface area contributed by atoms with Crippen LogP contribution in [0.2, 0.25) is 0 Å². The van der Waals surface area contributed by atoms with E-state index in [1.807, 2.05) is 0 Å². The Bertz CT molecular complexity index is 311. The van der Waals surface area contributed by atoms with Crippen LogP contribution in [0.1, 0.15) is 39.0 Å². The summed E-state index contributed by atoms with van der Waals surface area (Å²) in [5.74, 6) is 0. The van der Waals surface area contributed by atoms with E-state index < -0.39 is 0 Å². The first-order valence-electron chi connectivity index (χ1n) is 7.15. The number of ether oxygens (including phenoxy) is 1. The van der Waals surface area contributed by atoms with E-state index in [4.69, 9.17) is 4.74 Å². The predicted molar refractivity (Wildman–Crippen MR) is 71.3 cm³/mol. The summed E-state index contributed by atoms with van der Waals surface area (Å²) in [5.41, 5.74) is -0.258. The Morgan fingerprint density at radius 3 is 2.78 bits per heavy atom. The molecule has 2 atom stereocenters. The summed E-state index contributed by atoms with van der Waals surface area (Å²) in [6.07, 6.45) is 5.58. The molecule has 2 fully saturated rings. The Morgan fingerprint density at radius 1 is 1.44 bits per heavy atom. The molecule has 2 unspecified atom stereocenters. The number of nitrogens with zero attached hydrogens (tertiary/aromatic N) is 2. The molecule has 1 N–H and O–H groups in total. The lowest BCUT2D eigenvalue weighted by Gasteiger charge is -2.29. The Kier molecular flexibility index (Phi) is 4.60. The third kappa shape index (κ3) is 3.23. The van der Waals surface area contributed by atoms with E-state index in [2.05, 4.69) is 23.2 Å². The van der Waals surface area contributed by atoms with Crippen LogP contribution < -0.4 is 5.32 Å². The van der Waals surface area contributed by atoms with Gasteiger partial charge >= 0.3 is 0 Å². The van der Waals surface area contributed by atoms with Crippen molar-refractivity contribution >= 4 is 0 Å². The third-order valence-electron chi connectivity index (χ3n) is 4.27. The molecule has 2 aliphatic rings. The smallest absolute Gasteiger partial charge is 0.108 e. The fraction of sp³-hybridized carbons (Fsp3) is 0.929. The fourth-order valence-electron chi connectivity index (χ4n) is 3.02. The Morgan fingerprint density at radius 2 is 2.22 bits per heavy atom. The van der Waals surface area contributed by atoms with Gasteiger partial charge < -0.3 is 4.74 Å². The van der Waals surface area contributed by atoms with Gasteiger partial charge in [-0.1, -0.05) is 6.92 Å². The molecule has 0 aromatic carbocycles. The van der Waals surface area contributed by atoms with Crippen LogP contribution in [0.25, 0.3) is 0 Å². The van der Waals surface area contributed by atoms with Gasteiger partial charge in [-0.05, 0) is 38.6 Å². The minimum Gasteiger partial charge on any atom is -0.383 e. The highest BCUT2D eigenvalue weighted by molar-refractivity contribution is 5.15. The molecule has 2 saturated carbocycles. The fourth-order valence-corrected chi connectivity index (χ4v) is 3.02. The summed E-state index contributed by atoms with van der Waals surface area (Å²) >= 11 is 0. The first-order valence-corrected chi connectivity index (χ1v) is 7.15. The van der Waals surface area contributed by atoms with Gasteiger partial charge in [-0.3, -0.25) is 10.2 Å². The van der Waals surface area contributed by atoms with E-state index in [1.165, 1.54) is 12.8 Å². The number of likely N-dealkylation sites (N-methyl/N-ethyl adjacent to an activating group) is 1. The molecule has 0 amide bonds. The average molecular weight is 251 g/mol. The Labute approximate surface area is 110 Å². The second-order valence-electron chi connectivity index (χ2n) is 5.63. The zero-order valence-corrected chi connectivity index (χ0v) is 11.6. The Balaban J connectivity index is 1.90. The highest BCUT2D eigenvalue weighted by Gasteiger charge is 2.44. The molecule has 18 heavy (non-hydrogen) atoms. The van der Waals surface area contributed by atoms with Crippen molar-refractivity contribution in [3.63, 3.8) is 0 Å². The van der Waals surface area contributed by atoms with Gasteiger partial charge in [0, 0.05) is 25.7 Å². The maximum atomic E-state index is 9.49. The summed E-state index contributed by atoms with van der Waals surface area (Å²) in [5, 5.41) is 13.0. The van der Waals surface area contributed by atoms with Crippen molar-refractivity contribution in [3.05, 3.63) is 0 Å². The van der Waals surface area contributed by atoms with Crippen molar-refractivity contribution in [1.29, 1.82) is 5.26 Å². The number of hydrogen-bond donors (Lipinski definition) is 1. The molecule has 4 nitrogen and oxygen atoms in total. The number of nitriles is 1. The zero-order chi connectivity index (χ0) is 13.0. The van der Waals surface area contributed by atoms with E-state index in [9.17, 15) is 5.26 Å². The summed E-state index contributed by atoms with van der Waals surface area (Å²) < 4.78 is 5.16. The van der Waals surface area contributed by atoms with E-state index in [1.54, 1.807) is 7.11 Å². The minimum atomic E-state index is -0.258. The summed E-state index contributed by atoms with van der Waals surface area (Å²) in [6, 6.07) is 3.69. The lowest BCUT2D eigenvalue weighted by molar-refractivity contribution is 0.123. The van der Waals surface area contributed by atoms with Crippen LogP contribution in [0.5, 0.6) is 0 Å². The van der Waals surface area contributed by atoms with Crippen LogP contribution in [0.3, 0.4) is 0 Å². The van der Waals surface area contributed by atoms with Gasteiger partial charge in [-0.2, -0.15) is 5.26 Å². The maximum absolute atomic E-state index is 9.49. The van der Waals surface area contributed by atoms with Crippen molar-refractivity contribution < 1.29 is 4.74 Å². The molecule has 0 bridgehead atoms. The predicted octanol–water partition coefficient (Wildman–Crippen LogP) is 1.52. The third-order valence-corrected chi connectivity index (χ3v) is 4.27. The summed E-state index contributed by atoms with van der Waals surface area (Å²) in [7, 11) is 1.75. The Hall–Kier alpha value is -0.630. The number of rotatable bonds is 7. The molecule has 0 aromatic heterocycles. The summed E-state index contributed by atoms with van der Waals surface area (Å²) in [6.45, 7) is 4.98. The van der Waals surface area contributed by atoms with Crippen molar-refractivity contribution in [2.75, 3.05) is 26.8 Å². The topological polar surface area (TPSA) is 48.3 Å². The lowest BCUT2D eigenvalue weighted by Crippen LogP contribution is -2.45. The quantitative estimate of drug-likeness (QED) is 0.745. The maximum Gasteiger partial charge on any atom is 0.108 e. The SMILES string of the molecule is CCN(CCOC)C1CCC(C#N)(NC2CC2)C1. The van der Waals surface area contributed by atoms with Crippen LogP contribution in [-0.2, 0) is 4.74 Å². The lowest BCUT2D eigenvalue weighted by atomic mass is 9.99. The van der Waals surface area contributed by atoms with Crippen LogP contribution in [0.4, 0.5) is 0 Å². The molecule has 0 aromatic rings. The van der Waals surface area contributed by atoms with Crippen molar-refractivity contribution in [2.24, 2.45) is 0 Å². The van der Waals surface area contributed by atoms with Crippen molar-refractivity contribution in [2.45, 2.75) is 56.7 Å². The molecular weight excluding hydrogens is 226 g/mol. The number of methoxy groups -OCH3 is 1. The second kappa shape index (κ2) is 6.01. The zero-order valence-electron chi connectivity index (χ0n) is 11.6. The molecule has 2 rings (SSSR count). The molecule has 0 saturated heterocycles. The van der Waals surface area contributed by atoms with E-state index >= 15 is 0 Å². The van der Waals surface area contributed by atoms with Gasteiger partial charge in [0.15, 0.2) is 0 Å². The van der Waals surface area contributed by atoms with Crippen LogP contribution in [0.15, 0.2) is 0 Å². The van der Waals surface area contributed by atoms with E-state index in [0.717, 1.165) is 39.0 Å². The van der Waals surface area contributed by atoms with Crippen molar-refractivity contribution in [3.8, 4) is 6.07 Å². The first-order chi connectivity index (χ1) is 8.73. The van der Waals surface area contributed by atoms with Gasteiger partial charge in [0.2, 0.25) is 0 Å². The van der Waals surface area contributed by atoms with Crippen molar-refractivity contribution in [1.82, 2.24) is 10.2 Å². The van der Waals surface area contributed by atoms with E-state index in [0.29, 0.717) is 12.1 Å². The van der Waals surface area contributed by atoms with E-state index in [-0.39, 0.29) is 5.54 Å². The standard InChI is InChI=1S/C14H25N3O/c1-3-17(8-9-18-2)13-6-7-14(10-13,11-15)16-12-4-5-12/h12-13,16H,3-10H2,1-2H3. The minimum absolute atomic E-state index is 0.258. The van der Waals surface area contributed by atoms with Gasteiger partial charge in [0.05, 0.1) is 12.7 Å². The van der Waals surface area contributed by atoms with Gasteiger partial charge in [0.25, 0.3) is 0 Å². The van der Waals surface area contributed by atoms with Crippen LogP contribution >= 0.6 is 0 Å². The molecule has 0 aliphatic heterocycles. The number of hydrogen-bond acceptors (Lipinski definition) is 4. The molecule has 0 radical (unpaired) electrons.